The normalized spacial score (nSPS) is 31.0. The van der Waals surface area contributed by atoms with Crippen molar-refractivity contribution in [2.75, 3.05) is 27.4 Å². The Morgan fingerprint density at radius 2 is 1.09 bits per heavy atom. The molecule has 53 heavy (non-hydrogen) atoms. The second kappa shape index (κ2) is 14.5. The van der Waals surface area contributed by atoms with Crippen molar-refractivity contribution in [3.8, 4) is 23.0 Å². The standard InChI is InChI=1S/2C19H21NO6.CH4/c2*1-3-25-16-10-19-7-6-12(21)9-13(19)14(20(22)23)8-11-4-5-15(24-2)18(26-16)17(11)19;/h2*4-7,13-14,16H,3,8-10H2,1-2H3;1H4/t13-,14+,16+,19+;13-,14+,16-,19+;/m00./s1. The van der Waals surface area contributed by atoms with Crippen LogP contribution in [0.15, 0.2) is 48.6 Å². The molecule has 2 spiro atoms. The molecule has 0 bridgehead atoms. The minimum Gasteiger partial charge on any atom is -0.493 e. The van der Waals surface area contributed by atoms with E-state index < -0.39 is 47.3 Å². The van der Waals surface area contributed by atoms with Crippen LogP contribution in [0, 0.1) is 32.1 Å². The van der Waals surface area contributed by atoms with Crippen LogP contribution in [0.2, 0.25) is 0 Å². The molecule has 6 aliphatic rings. The van der Waals surface area contributed by atoms with Crippen molar-refractivity contribution < 1.29 is 47.9 Å². The maximum atomic E-state index is 12.1. The van der Waals surface area contributed by atoms with E-state index in [-0.39, 0.29) is 54.5 Å². The van der Waals surface area contributed by atoms with E-state index in [1.165, 1.54) is 0 Å². The minimum absolute atomic E-state index is 0. The number of ketones is 2. The summed E-state index contributed by atoms with van der Waals surface area (Å²) in [5.74, 6) is 1.35. The van der Waals surface area contributed by atoms with Crippen molar-refractivity contribution in [3.63, 3.8) is 0 Å². The van der Waals surface area contributed by atoms with E-state index in [0.29, 0.717) is 49.1 Å². The van der Waals surface area contributed by atoms with Crippen LogP contribution in [-0.4, -0.2) is 73.5 Å². The lowest BCUT2D eigenvalue weighted by Crippen LogP contribution is -2.55. The molecule has 14 nitrogen and oxygen atoms in total. The van der Waals surface area contributed by atoms with Gasteiger partial charge in [-0.3, -0.25) is 29.8 Å². The molecule has 284 valence electrons. The Labute approximate surface area is 307 Å². The SMILES string of the molecule is C.CCO[C@@H]1C[C@]23C=CC(=O)C[C@H]2[C@H]([N+](=O)[O-])Cc2ccc(OC)c(c23)O1.CCO[C@H]1C[C@]23C=CC(=O)C[C@H]2[C@H]([N+](=O)[O-])Cc2ccc(OC)c(c23)O1. The van der Waals surface area contributed by atoms with Crippen molar-refractivity contribution >= 4 is 11.6 Å². The number of allylic oxidation sites excluding steroid dienone is 4. The van der Waals surface area contributed by atoms with Gasteiger partial charge in [0, 0.05) is 95.4 Å². The van der Waals surface area contributed by atoms with E-state index in [4.69, 9.17) is 28.4 Å². The second-order valence-electron chi connectivity index (χ2n) is 14.1. The number of benzene rings is 2. The molecule has 0 aromatic heterocycles. The molecule has 0 saturated heterocycles. The van der Waals surface area contributed by atoms with E-state index in [0.717, 1.165) is 22.3 Å². The van der Waals surface area contributed by atoms with Gasteiger partial charge in [0.1, 0.15) is 0 Å². The minimum atomic E-state index is -0.807. The summed E-state index contributed by atoms with van der Waals surface area (Å²) in [6, 6.07) is 5.70. The zero-order valence-electron chi connectivity index (χ0n) is 29.5. The van der Waals surface area contributed by atoms with Gasteiger partial charge in [0.25, 0.3) is 0 Å². The molecule has 0 fully saturated rings. The predicted molar refractivity (Wildman–Crippen MR) is 191 cm³/mol. The molecule has 0 unspecified atom stereocenters. The van der Waals surface area contributed by atoms with Gasteiger partial charge in [-0.25, -0.2) is 0 Å². The first-order chi connectivity index (χ1) is 25.0. The number of carbonyl (C=O) groups is 2. The average molecular weight is 735 g/mol. The molecule has 2 aromatic carbocycles. The van der Waals surface area contributed by atoms with Crippen LogP contribution in [-0.2, 0) is 42.7 Å². The van der Waals surface area contributed by atoms with Crippen molar-refractivity contribution in [2.24, 2.45) is 11.8 Å². The summed E-state index contributed by atoms with van der Waals surface area (Å²) in [5, 5.41) is 23.6. The lowest BCUT2D eigenvalue weighted by Gasteiger charge is -2.50. The highest BCUT2D eigenvalue weighted by Gasteiger charge is 2.60. The third-order valence-corrected chi connectivity index (χ3v) is 11.6. The van der Waals surface area contributed by atoms with Crippen LogP contribution in [0.1, 0.15) is 69.2 Å². The van der Waals surface area contributed by atoms with E-state index in [1.807, 2.05) is 38.1 Å². The molecule has 8 atom stereocenters. The van der Waals surface area contributed by atoms with Gasteiger partial charge in [-0.05, 0) is 49.3 Å². The molecule has 2 aliphatic heterocycles. The summed E-state index contributed by atoms with van der Waals surface area (Å²) in [6.45, 7) is 4.68. The maximum Gasteiger partial charge on any atom is 0.221 e. The van der Waals surface area contributed by atoms with Gasteiger partial charge in [0.05, 0.1) is 14.2 Å². The number of nitrogens with zero attached hydrogens (tertiary/aromatic N) is 2. The highest BCUT2D eigenvalue weighted by molar-refractivity contribution is 5.92. The highest BCUT2D eigenvalue weighted by atomic mass is 16.7. The Balaban J connectivity index is 0.000000178. The van der Waals surface area contributed by atoms with Crippen LogP contribution in [0.25, 0.3) is 0 Å². The number of ether oxygens (including phenoxy) is 6. The first-order valence-corrected chi connectivity index (χ1v) is 17.7. The fraction of sp³-hybridized carbons (Fsp3) is 0.538. The topological polar surface area (TPSA) is 176 Å². The summed E-state index contributed by atoms with van der Waals surface area (Å²) >= 11 is 0. The second-order valence-corrected chi connectivity index (χ2v) is 14.1. The first kappa shape index (κ1) is 37.9. The van der Waals surface area contributed by atoms with Gasteiger partial charge in [-0.2, -0.15) is 0 Å². The third-order valence-electron chi connectivity index (χ3n) is 11.6. The third kappa shape index (κ3) is 6.15. The number of nitro groups is 2. The zero-order chi connectivity index (χ0) is 36.9. The molecular formula is C39H46N2O12. The van der Waals surface area contributed by atoms with E-state index in [1.54, 1.807) is 38.5 Å². The number of hydrogen-bond donors (Lipinski definition) is 0. The van der Waals surface area contributed by atoms with E-state index in [2.05, 4.69) is 0 Å². The van der Waals surface area contributed by atoms with Gasteiger partial charge < -0.3 is 28.4 Å². The number of hydrogen-bond acceptors (Lipinski definition) is 12. The lowest BCUT2D eigenvalue weighted by molar-refractivity contribution is -0.535. The van der Waals surface area contributed by atoms with Crippen LogP contribution in [0.3, 0.4) is 0 Å². The molecule has 0 saturated carbocycles. The van der Waals surface area contributed by atoms with Crippen LogP contribution in [0.4, 0.5) is 0 Å². The van der Waals surface area contributed by atoms with Crippen molar-refractivity contribution in [1.82, 2.24) is 0 Å². The van der Waals surface area contributed by atoms with Crippen LogP contribution in [0.5, 0.6) is 23.0 Å². The van der Waals surface area contributed by atoms with Crippen molar-refractivity contribution in [1.29, 1.82) is 0 Å². The molecule has 0 N–H and O–H groups in total. The number of methoxy groups -OCH3 is 2. The molecular weight excluding hydrogens is 688 g/mol. The van der Waals surface area contributed by atoms with Crippen molar-refractivity contribution in [2.45, 2.75) is 95.3 Å². The molecule has 0 amide bonds. The van der Waals surface area contributed by atoms with Gasteiger partial charge in [0.2, 0.25) is 24.7 Å². The molecule has 4 aliphatic carbocycles. The summed E-state index contributed by atoms with van der Waals surface area (Å²) in [5.41, 5.74) is 2.29. The average Bonchev–Trinajstić information content (AvgIpc) is 3.12. The fourth-order valence-corrected chi connectivity index (χ4v) is 9.56. The van der Waals surface area contributed by atoms with E-state index >= 15 is 0 Å². The molecule has 8 rings (SSSR count). The Hall–Kier alpha value is -4.82. The largest absolute Gasteiger partial charge is 0.493 e. The Kier molecular flexibility index (Phi) is 10.4. The maximum absolute atomic E-state index is 12.1. The first-order valence-electron chi connectivity index (χ1n) is 17.7. The monoisotopic (exact) mass is 734 g/mol. The van der Waals surface area contributed by atoms with Gasteiger partial charge in [-0.1, -0.05) is 31.7 Å². The molecule has 14 heteroatoms. The van der Waals surface area contributed by atoms with E-state index in [9.17, 15) is 29.8 Å². The van der Waals surface area contributed by atoms with Gasteiger partial charge in [0.15, 0.2) is 34.6 Å². The molecule has 2 aromatic rings. The Morgan fingerprint density at radius 1 is 0.698 bits per heavy atom. The summed E-state index contributed by atoms with van der Waals surface area (Å²) in [6.07, 6.45) is 7.52. The highest BCUT2D eigenvalue weighted by Crippen LogP contribution is 2.59. The van der Waals surface area contributed by atoms with Crippen LogP contribution >= 0.6 is 0 Å². The molecule has 0 radical (unpaired) electrons. The lowest BCUT2D eigenvalue weighted by atomic mass is 9.55. The number of rotatable bonds is 8. The quantitative estimate of drug-likeness (QED) is 0.247. The Morgan fingerprint density at radius 3 is 1.43 bits per heavy atom. The van der Waals surface area contributed by atoms with Gasteiger partial charge in [-0.15, -0.1) is 0 Å². The zero-order valence-corrected chi connectivity index (χ0v) is 29.5. The fourth-order valence-electron chi connectivity index (χ4n) is 9.56. The van der Waals surface area contributed by atoms with Crippen LogP contribution < -0.4 is 18.9 Å². The van der Waals surface area contributed by atoms with Crippen molar-refractivity contribution in [3.05, 3.63) is 91.1 Å². The van der Waals surface area contributed by atoms with Gasteiger partial charge >= 0.3 is 0 Å². The summed E-state index contributed by atoms with van der Waals surface area (Å²) < 4.78 is 34.6. The smallest absolute Gasteiger partial charge is 0.221 e. The predicted octanol–water partition coefficient (Wildman–Crippen LogP) is 5.49. The molecule has 2 heterocycles. The number of carbonyl (C=O) groups excluding carboxylic acids is 2. The Bertz CT molecular complexity index is 1740. The summed E-state index contributed by atoms with van der Waals surface area (Å²) in [4.78, 5) is 47.3. The summed E-state index contributed by atoms with van der Waals surface area (Å²) in [7, 11) is 3.14.